The van der Waals surface area contributed by atoms with Crippen LogP contribution in [0.1, 0.15) is 50.2 Å². The van der Waals surface area contributed by atoms with E-state index in [9.17, 15) is 0 Å². The summed E-state index contributed by atoms with van der Waals surface area (Å²) < 4.78 is 0. The van der Waals surface area contributed by atoms with E-state index in [1.165, 1.54) is 43.2 Å². The highest BCUT2D eigenvalue weighted by atomic mass is 32.2. The van der Waals surface area contributed by atoms with Crippen LogP contribution in [0, 0.1) is 12.8 Å². The summed E-state index contributed by atoms with van der Waals surface area (Å²) in [6.07, 6.45) is 6.92. The third-order valence-electron chi connectivity index (χ3n) is 4.68. The van der Waals surface area contributed by atoms with Crippen molar-refractivity contribution in [2.24, 2.45) is 5.92 Å². The van der Waals surface area contributed by atoms with Gasteiger partial charge in [0.15, 0.2) is 0 Å². The molecule has 2 rings (SSSR count). The summed E-state index contributed by atoms with van der Waals surface area (Å²) >= 11 is 2.16. The van der Waals surface area contributed by atoms with Gasteiger partial charge in [-0.1, -0.05) is 44.0 Å². The maximum atomic E-state index is 3.55. The van der Waals surface area contributed by atoms with Gasteiger partial charge in [0.25, 0.3) is 0 Å². The first-order chi connectivity index (χ1) is 9.74. The van der Waals surface area contributed by atoms with Crippen LogP contribution in [-0.4, -0.2) is 18.3 Å². The topological polar surface area (TPSA) is 12.0 Å². The molecule has 0 amide bonds. The molecule has 1 saturated carbocycles. The SMILES string of the molecule is CCCC1CCC(NC)C(SCc2ccccc2C)C1. The first-order valence-electron chi connectivity index (χ1n) is 8.08. The Balaban J connectivity index is 1.92. The Morgan fingerprint density at radius 2 is 2.05 bits per heavy atom. The van der Waals surface area contributed by atoms with Gasteiger partial charge in [-0.3, -0.25) is 0 Å². The quantitative estimate of drug-likeness (QED) is 0.809. The second-order valence-electron chi connectivity index (χ2n) is 6.14. The molecular formula is C18H29NS. The van der Waals surface area contributed by atoms with Crippen LogP contribution in [0.4, 0.5) is 0 Å². The predicted molar refractivity (Wildman–Crippen MR) is 91.4 cm³/mol. The van der Waals surface area contributed by atoms with Crippen LogP contribution in [0.5, 0.6) is 0 Å². The molecule has 0 saturated heterocycles. The van der Waals surface area contributed by atoms with E-state index in [4.69, 9.17) is 0 Å². The minimum atomic E-state index is 0.706. The highest BCUT2D eigenvalue weighted by Crippen LogP contribution is 2.36. The maximum Gasteiger partial charge on any atom is 0.0207 e. The lowest BCUT2D eigenvalue weighted by molar-refractivity contribution is 0.295. The predicted octanol–water partition coefficient (Wildman–Crippen LogP) is 4.79. The van der Waals surface area contributed by atoms with E-state index in [1.54, 1.807) is 0 Å². The van der Waals surface area contributed by atoms with Crippen molar-refractivity contribution in [1.82, 2.24) is 5.32 Å². The summed E-state index contributed by atoms with van der Waals surface area (Å²) in [5.74, 6) is 2.12. The molecule has 112 valence electrons. The molecule has 1 N–H and O–H groups in total. The van der Waals surface area contributed by atoms with Crippen LogP contribution in [-0.2, 0) is 5.75 Å². The molecule has 0 aliphatic heterocycles. The standard InChI is InChI=1S/C18H29NS/c1-4-7-15-10-11-17(19-3)18(12-15)20-13-16-9-6-5-8-14(16)2/h5-6,8-9,15,17-19H,4,7,10-13H2,1-3H3. The Labute approximate surface area is 128 Å². The molecule has 1 aliphatic carbocycles. The van der Waals surface area contributed by atoms with Gasteiger partial charge in [0.05, 0.1) is 0 Å². The fourth-order valence-corrected chi connectivity index (χ4v) is 5.00. The summed E-state index contributed by atoms with van der Waals surface area (Å²) in [5, 5.41) is 4.33. The highest BCUT2D eigenvalue weighted by Gasteiger charge is 2.29. The average Bonchev–Trinajstić information content (AvgIpc) is 2.47. The number of hydrogen-bond donors (Lipinski definition) is 1. The van der Waals surface area contributed by atoms with E-state index in [0.29, 0.717) is 6.04 Å². The molecule has 1 fully saturated rings. The Kier molecular flexibility index (Phi) is 6.44. The molecule has 0 spiro atoms. The lowest BCUT2D eigenvalue weighted by Gasteiger charge is -2.36. The molecule has 3 atom stereocenters. The van der Waals surface area contributed by atoms with Gasteiger partial charge in [0, 0.05) is 17.0 Å². The Morgan fingerprint density at radius 1 is 1.25 bits per heavy atom. The molecule has 20 heavy (non-hydrogen) atoms. The van der Waals surface area contributed by atoms with Crippen molar-refractivity contribution in [1.29, 1.82) is 0 Å². The lowest BCUT2D eigenvalue weighted by Crippen LogP contribution is -2.40. The van der Waals surface area contributed by atoms with Crippen molar-refractivity contribution in [2.45, 2.75) is 63.0 Å². The zero-order valence-electron chi connectivity index (χ0n) is 13.2. The van der Waals surface area contributed by atoms with Gasteiger partial charge in [0.2, 0.25) is 0 Å². The van der Waals surface area contributed by atoms with Crippen molar-refractivity contribution in [3.63, 3.8) is 0 Å². The van der Waals surface area contributed by atoms with E-state index in [0.717, 1.165) is 16.9 Å². The molecule has 0 heterocycles. The molecule has 0 bridgehead atoms. The van der Waals surface area contributed by atoms with Crippen molar-refractivity contribution in [2.75, 3.05) is 7.05 Å². The van der Waals surface area contributed by atoms with E-state index >= 15 is 0 Å². The fourth-order valence-electron chi connectivity index (χ4n) is 3.37. The van der Waals surface area contributed by atoms with Gasteiger partial charge in [0.1, 0.15) is 0 Å². The number of hydrogen-bond acceptors (Lipinski definition) is 2. The molecule has 1 aromatic rings. The molecule has 1 aliphatic rings. The zero-order valence-corrected chi connectivity index (χ0v) is 14.0. The average molecular weight is 292 g/mol. The van der Waals surface area contributed by atoms with E-state index in [2.05, 4.69) is 62.2 Å². The Hall–Kier alpha value is -0.470. The van der Waals surface area contributed by atoms with E-state index < -0.39 is 0 Å². The van der Waals surface area contributed by atoms with Crippen molar-refractivity contribution in [3.8, 4) is 0 Å². The second-order valence-corrected chi connectivity index (χ2v) is 7.37. The van der Waals surface area contributed by atoms with Gasteiger partial charge < -0.3 is 5.32 Å². The number of aryl methyl sites for hydroxylation is 1. The summed E-state index contributed by atoms with van der Waals surface area (Å²) in [4.78, 5) is 0. The van der Waals surface area contributed by atoms with Gasteiger partial charge in [-0.25, -0.2) is 0 Å². The first kappa shape index (κ1) is 15.9. The summed E-state index contributed by atoms with van der Waals surface area (Å²) in [7, 11) is 2.13. The summed E-state index contributed by atoms with van der Waals surface area (Å²) in [5.41, 5.74) is 2.94. The third kappa shape index (κ3) is 4.26. The molecule has 0 aromatic heterocycles. The number of rotatable bonds is 6. The third-order valence-corrected chi connectivity index (χ3v) is 6.11. The summed E-state index contributed by atoms with van der Waals surface area (Å²) in [6, 6.07) is 9.52. The minimum Gasteiger partial charge on any atom is -0.316 e. The monoisotopic (exact) mass is 291 g/mol. The minimum absolute atomic E-state index is 0.706. The molecule has 3 unspecified atom stereocenters. The van der Waals surface area contributed by atoms with E-state index in [-0.39, 0.29) is 0 Å². The normalized spacial score (nSPS) is 26.6. The maximum absolute atomic E-state index is 3.55. The molecule has 0 radical (unpaired) electrons. The van der Waals surface area contributed by atoms with Gasteiger partial charge in [-0.15, -0.1) is 0 Å². The van der Waals surface area contributed by atoms with Gasteiger partial charge in [-0.05, 0) is 50.3 Å². The van der Waals surface area contributed by atoms with Crippen molar-refractivity contribution in [3.05, 3.63) is 35.4 Å². The first-order valence-corrected chi connectivity index (χ1v) is 9.12. The smallest absolute Gasteiger partial charge is 0.0207 e. The Bertz CT molecular complexity index is 404. The van der Waals surface area contributed by atoms with Crippen LogP contribution < -0.4 is 5.32 Å². The number of benzene rings is 1. The van der Waals surface area contributed by atoms with Crippen LogP contribution in [0.15, 0.2) is 24.3 Å². The molecular weight excluding hydrogens is 262 g/mol. The largest absolute Gasteiger partial charge is 0.316 e. The molecule has 2 heteroatoms. The molecule has 1 aromatic carbocycles. The zero-order chi connectivity index (χ0) is 14.4. The lowest BCUT2D eigenvalue weighted by atomic mass is 9.83. The van der Waals surface area contributed by atoms with Gasteiger partial charge in [-0.2, -0.15) is 11.8 Å². The van der Waals surface area contributed by atoms with Crippen molar-refractivity contribution < 1.29 is 0 Å². The van der Waals surface area contributed by atoms with Crippen LogP contribution in [0.25, 0.3) is 0 Å². The Morgan fingerprint density at radius 3 is 2.75 bits per heavy atom. The second kappa shape index (κ2) is 8.09. The molecule has 1 nitrogen and oxygen atoms in total. The van der Waals surface area contributed by atoms with Crippen LogP contribution in [0.2, 0.25) is 0 Å². The summed E-state index contributed by atoms with van der Waals surface area (Å²) in [6.45, 7) is 4.55. The van der Waals surface area contributed by atoms with Crippen LogP contribution in [0.3, 0.4) is 0 Å². The van der Waals surface area contributed by atoms with Crippen molar-refractivity contribution >= 4 is 11.8 Å². The van der Waals surface area contributed by atoms with Gasteiger partial charge >= 0.3 is 0 Å². The highest BCUT2D eigenvalue weighted by molar-refractivity contribution is 7.99. The fraction of sp³-hybridized carbons (Fsp3) is 0.667. The van der Waals surface area contributed by atoms with Crippen LogP contribution >= 0.6 is 11.8 Å². The number of nitrogens with one attached hydrogen (secondary N) is 1. The van der Waals surface area contributed by atoms with E-state index in [1.807, 2.05) is 0 Å². The number of thioether (sulfide) groups is 1.